The summed E-state index contributed by atoms with van der Waals surface area (Å²) in [5.41, 5.74) is 1.65. The molecule has 0 radical (unpaired) electrons. The van der Waals surface area contributed by atoms with E-state index in [2.05, 4.69) is 5.32 Å². The molecule has 0 spiro atoms. The molecule has 28 heavy (non-hydrogen) atoms. The lowest BCUT2D eigenvalue weighted by Crippen LogP contribution is -2.21. The van der Waals surface area contributed by atoms with Gasteiger partial charge in [-0.3, -0.25) is 4.79 Å². The van der Waals surface area contributed by atoms with Crippen LogP contribution in [0, 0.1) is 13.8 Å². The van der Waals surface area contributed by atoms with Crippen molar-refractivity contribution in [2.24, 2.45) is 0 Å². The molecule has 0 aliphatic rings. The largest absolute Gasteiger partial charge is 0.484 e. The fraction of sp³-hybridized carbons (Fsp3) is 0.350. The Bertz CT molecular complexity index is 856. The highest BCUT2D eigenvalue weighted by Crippen LogP contribution is 2.34. The van der Waals surface area contributed by atoms with Gasteiger partial charge in [0.15, 0.2) is 6.61 Å². The molecular formula is C20H23NO6S. The van der Waals surface area contributed by atoms with Gasteiger partial charge in [0, 0.05) is 0 Å². The van der Waals surface area contributed by atoms with E-state index in [1.54, 1.807) is 32.9 Å². The molecule has 0 atom stereocenters. The molecule has 7 nitrogen and oxygen atoms in total. The normalized spacial score (nSPS) is 10.3. The predicted octanol–water partition coefficient (Wildman–Crippen LogP) is 3.74. The number of anilines is 1. The van der Waals surface area contributed by atoms with Gasteiger partial charge in [-0.15, -0.1) is 11.3 Å². The lowest BCUT2D eigenvalue weighted by Gasteiger charge is -2.08. The summed E-state index contributed by atoms with van der Waals surface area (Å²) in [6.45, 7) is 7.08. The van der Waals surface area contributed by atoms with Crippen molar-refractivity contribution < 1.29 is 28.6 Å². The van der Waals surface area contributed by atoms with Gasteiger partial charge in [0.1, 0.15) is 15.6 Å². The van der Waals surface area contributed by atoms with Crippen LogP contribution in [0.3, 0.4) is 0 Å². The molecule has 0 aliphatic carbocycles. The van der Waals surface area contributed by atoms with Crippen LogP contribution in [0.1, 0.15) is 45.0 Å². The first kappa shape index (κ1) is 21.4. The van der Waals surface area contributed by atoms with Crippen LogP contribution in [-0.2, 0) is 14.3 Å². The zero-order valence-electron chi connectivity index (χ0n) is 16.3. The number of carbonyl (C=O) groups excluding carboxylic acids is 3. The molecule has 0 saturated carbocycles. The molecule has 2 aromatic rings. The van der Waals surface area contributed by atoms with E-state index >= 15 is 0 Å². The molecule has 1 aromatic carbocycles. The molecule has 8 heteroatoms. The van der Waals surface area contributed by atoms with Crippen LogP contribution in [0.5, 0.6) is 5.75 Å². The summed E-state index contributed by atoms with van der Waals surface area (Å²) in [5, 5.41) is 2.87. The molecule has 150 valence electrons. The number of hydrogen-bond donors (Lipinski definition) is 1. The van der Waals surface area contributed by atoms with E-state index in [1.807, 2.05) is 19.1 Å². The summed E-state index contributed by atoms with van der Waals surface area (Å²) in [5.74, 6) is -1.06. The third kappa shape index (κ3) is 5.32. The fourth-order valence-electron chi connectivity index (χ4n) is 2.39. The smallest absolute Gasteiger partial charge is 0.348 e. The van der Waals surface area contributed by atoms with Gasteiger partial charge in [0.25, 0.3) is 5.91 Å². The minimum atomic E-state index is -0.610. The van der Waals surface area contributed by atoms with Gasteiger partial charge in [-0.1, -0.05) is 17.7 Å². The Hall–Kier alpha value is -2.87. The van der Waals surface area contributed by atoms with Crippen molar-refractivity contribution in [2.45, 2.75) is 27.7 Å². The van der Waals surface area contributed by atoms with E-state index in [0.29, 0.717) is 11.3 Å². The molecule has 0 aliphatic heterocycles. The van der Waals surface area contributed by atoms with Crippen LogP contribution >= 0.6 is 11.3 Å². The number of ether oxygens (including phenoxy) is 3. The Kier molecular flexibility index (Phi) is 7.57. The highest BCUT2D eigenvalue weighted by molar-refractivity contribution is 7.18. The second-order valence-electron chi connectivity index (χ2n) is 5.85. The number of amides is 1. The maximum atomic E-state index is 12.3. The minimum Gasteiger partial charge on any atom is -0.484 e. The summed E-state index contributed by atoms with van der Waals surface area (Å²) < 4.78 is 15.5. The van der Waals surface area contributed by atoms with E-state index in [9.17, 15) is 14.4 Å². The van der Waals surface area contributed by atoms with Crippen molar-refractivity contribution in [3.63, 3.8) is 0 Å². The first-order valence-corrected chi connectivity index (χ1v) is 9.65. The molecule has 0 saturated heterocycles. The number of rotatable bonds is 8. The molecule has 1 heterocycles. The number of benzene rings is 1. The van der Waals surface area contributed by atoms with E-state index < -0.39 is 17.8 Å². The molecule has 1 amide bonds. The van der Waals surface area contributed by atoms with Crippen molar-refractivity contribution in [1.29, 1.82) is 0 Å². The van der Waals surface area contributed by atoms with E-state index in [1.165, 1.54) is 0 Å². The molecule has 1 aromatic heterocycles. The summed E-state index contributed by atoms with van der Waals surface area (Å²) in [6, 6.07) is 7.28. The Labute approximate surface area is 167 Å². The van der Waals surface area contributed by atoms with Crippen LogP contribution in [0.15, 0.2) is 24.3 Å². The van der Waals surface area contributed by atoms with Gasteiger partial charge in [0.05, 0.1) is 18.8 Å². The summed E-state index contributed by atoms with van der Waals surface area (Å²) in [4.78, 5) is 37.0. The van der Waals surface area contributed by atoms with Gasteiger partial charge in [0.2, 0.25) is 0 Å². The third-order valence-electron chi connectivity index (χ3n) is 3.73. The molecular weight excluding hydrogens is 382 g/mol. The van der Waals surface area contributed by atoms with E-state index in [-0.39, 0.29) is 35.3 Å². The van der Waals surface area contributed by atoms with Crippen molar-refractivity contribution in [3.8, 4) is 5.75 Å². The Balaban J connectivity index is 2.18. The molecule has 0 fully saturated rings. The third-order valence-corrected chi connectivity index (χ3v) is 4.92. The number of esters is 2. The fourth-order valence-corrected chi connectivity index (χ4v) is 3.49. The second-order valence-corrected chi connectivity index (χ2v) is 6.87. The van der Waals surface area contributed by atoms with E-state index in [0.717, 1.165) is 16.9 Å². The number of nitrogens with one attached hydrogen (secondary N) is 1. The zero-order valence-corrected chi connectivity index (χ0v) is 17.1. The van der Waals surface area contributed by atoms with Gasteiger partial charge < -0.3 is 19.5 Å². The van der Waals surface area contributed by atoms with Crippen LogP contribution in [0.4, 0.5) is 5.00 Å². The first-order valence-electron chi connectivity index (χ1n) is 8.84. The monoisotopic (exact) mass is 405 g/mol. The Morgan fingerprint density at radius 2 is 1.57 bits per heavy atom. The highest BCUT2D eigenvalue weighted by atomic mass is 32.1. The van der Waals surface area contributed by atoms with Crippen molar-refractivity contribution in [2.75, 3.05) is 25.1 Å². The topological polar surface area (TPSA) is 90.9 Å². The molecule has 0 unspecified atom stereocenters. The molecule has 2 rings (SSSR count). The van der Waals surface area contributed by atoms with Crippen LogP contribution in [0.2, 0.25) is 0 Å². The van der Waals surface area contributed by atoms with Gasteiger partial charge in [-0.2, -0.15) is 0 Å². The first-order chi connectivity index (χ1) is 13.4. The summed E-state index contributed by atoms with van der Waals surface area (Å²) >= 11 is 0.977. The predicted molar refractivity (Wildman–Crippen MR) is 106 cm³/mol. The quantitative estimate of drug-likeness (QED) is 0.673. The van der Waals surface area contributed by atoms with Gasteiger partial charge in [-0.05, 0) is 45.4 Å². The average molecular weight is 405 g/mol. The maximum absolute atomic E-state index is 12.3. The number of aryl methyl sites for hydroxylation is 1. The standard InChI is InChI=1S/C20H23NO6S/c1-5-25-19(23)16-13(4)17(20(24)26-6-2)28-18(16)21-15(22)11-27-14-9-7-12(3)8-10-14/h7-10H,5-6,11H2,1-4H3,(H,21,22). The average Bonchev–Trinajstić information content (AvgIpc) is 2.97. The highest BCUT2D eigenvalue weighted by Gasteiger charge is 2.27. The molecule has 1 N–H and O–H groups in total. The number of hydrogen-bond acceptors (Lipinski definition) is 7. The van der Waals surface area contributed by atoms with Crippen LogP contribution in [-0.4, -0.2) is 37.7 Å². The van der Waals surface area contributed by atoms with Crippen LogP contribution < -0.4 is 10.1 Å². The van der Waals surface area contributed by atoms with Crippen LogP contribution in [0.25, 0.3) is 0 Å². The van der Waals surface area contributed by atoms with Gasteiger partial charge in [-0.25, -0.2) is 9.59 Å². The lowest BCUT2D eigenvalue weighted by molar-refractivity contribution is -0.118. The summed E-state index contributed by atoms with van der Waals surface area (Å²) in [7, 11) is 0. The Morgan fingerprint density at radius 3 is 2.18 bits per heavy atom. The minimum absolute atomic E-state index is 0.151. The lowest BCUT2D eigenvalue weighted by atomic mass is 10.1. The number of carbonyl (C=O) groups is 3. The maximum Gasteiger partial charge on any atom is 0.348 e. The van der Waals surface area contributed by atoms with Crippen molar-refractivity contribution >= 4 is 34.2 Å². The zero-order chi connectivity index (χ0) is 20.7. The second kappa shape index (κ2) is 9.89. The van der Waals surface area contributed by atoms with Crippen molar-refractivity contribution in [1.82, 2.24) is 0 Å². The Morgan fingerprint density at radius 1 is 0.964 bits per heavy atom. The summed E-state index contributed by atoms with van der Waals surface area (Å²) in [6.07, 6.45) is 0. The van der Waals surface area contributed by atoms with Gasteiger partial charge >= 0.3 is 11.9 Å². The number of thiophene rings is 1. The SMILES string of the molecule is CCOC(=O)c1sc(NC(=O)COc2ccc(C)cc2)c(C(=O)OCC)c1C. The molecule has 0 bridgehead atoms. The van der Waals surface area contributed by atoms with Crippen molar-refractivity contribution in [3.05, 3.63) is 45.8 Å². The van der Waals surface area contributed by atoms with E-state index in [4.69, 9.17) is 14.2 Å².